The number of ether oxygens (including phenoxy) is 3. The summed E-state index contributed by atoms with van der Waals surface area (Å²) in [4.78, 5) is 27.7. The molecule has 0 aliphatic carbocycles. The third-order valence-corrected chi connectivity index (χ3v) is 5.69. The first kappa shape index (κ1) is 27.3. The molecular formula is C28H34N4O5. The number of amides is 3. The minimum Gasteiger partial charge on any atom is -0.496 e. The summed E-state index contributed by atoms with van der Waals surface area (Å²) in [6.07, 6.45) is 0. The number of rotatable bonds is 12. The van der Waals surface area contributed by atoms with Crippen molar-refractivity contribution in [3.63, 3.8) is 0 Å². The van der Waals surface area contributed by atoms with E-state index < -0.39 is 6.03 Å². The highest BCUT2D eigenvalue weighted by Crippen LogP contribution is 2.33. The minimum absolute atomic E-state index is 0.268. The first-order chi connectivity index (χ1) is 18.0. The SMILES string of the molecule is CCN(CC)CCNC(=O)c1c(OC)cc(NC(=O)Nc2ccc(Oc3ccccc3)cc2)cc1OC. The second kappa shape index (κ2) is 13.7. The van der Waals surface area contributed by atoms with Gasteiger partial charge in [0, 0.05) is 36.6 Å². The van der Waals surface area contributed by atoms with Gasteiger partial charge in [0.2, 0.25) is 0 Å². The summed E-state index contributed by atoms with van der Waals surface area (Å²) < 4.78 is 16.7. The molecule has 0 saturated carbocycles. The monoisotopic (exact) mass is 506 g/mol. The molecule has 196 valence electrons. The summed E-state index contributed by atoms with van der Waals surface area (Å²) >= 11 is 0. The first-order valence-electron chi connectivity index (χ1n) is 12.1. The van der Waals surface area contributed by atoms with Crippen LogP contribution in [0.15, 0.2) is 66.7 Å². The lowest BCUT2D eigenvalue weighted by atomic mass is 10.1. The van der Waals surface area contributed by atoms with E-state index in [1.807, 2.05) is 30.3 Å². The van der Waals surface area contributed by atoms with E-state index in [2.05, 4.69) is 34.7 Å². The summed E-state index contributed by atoms with van der Waals surface area (Å²) in [6.45, 7) is 7.20. The van der Waals surface area contributed by atoms with Crippen LogP contribution in [0.2, 0.25) is 0 Å². The lowest BCUT2D eigenvalue weighted by Gasteiger charge is -2.19. The largest absolute Gasteiger partial charge is 0.496 e. The summed E-state index contributed by atoms with van der Waals surface area (Å²) in [5.74, 6) is 1.65. The number of carbonyl (C=O) groups is 2. The average Bonchev–Trinajstić information content (AvgIpc) is 2.92. The smallest absolute Gasteiger partial charge is 0.323 e. The van der Waals surface area contributed by atoms with Gasteiger partial charge in [0.15, 0.2) is 0 Å². The molecule has 0 atom stereocenters. The summed E-state index contributed by atoms with van der Waals surface area (Å²) in [5, 5.41) is 8.44. The Morgan fingerprint density at radius 3 is 1.92 bits per heavy atom. The van der Waals surface area contributed by atoms with E-state index >= 15 is 0 Å². The highest BCUT2D eigenvalue weighted by Gasteiger charge is 2.20. The van der Waals surface area contributed by atoms with E-state index in [4.69, 9.17) is 14.2 Å². The highest BCUT2D eigenvalue weighted by atomic mass is 16.5. The Morgan fingerprint density at radius 1 is 0.784 bits per heavy atom. The molecule has 0 aliphatic heterocycles. The van der Waals surface area contributed by atoms with Crippen LogP contribution >= 0.6 is 0 Å². The van der Waals surface area contributed by atoms with Crippen molar-refractivity contribution in [2.24, 2.45) is 0 Å². The van der Waals surface area contributed by atoms with Gasteiger partial charge < -0.3 is 35.1 Å². The maximum atomic E-state index is 12.9. The number of nitrogens with one attached hydrogen (secondary N) is 3. The molecule has 0 fully saturated rings. The number of carbonyl (C=O) groups excluding carboxylic acids is 2. The van der Waals surface area contributed by atoms with Crippen molar-refractivity contribution in [1.82, 2.24) is 10.2 Å². The van der Waals surface area contributed by atoms with Crippen molar-refractivity contribution in [3.8, 4) is 23.0 Å². The summed E-state index contributed by atoms with van der Waals surface area (Å²) in [7, 11) is 2.93. The van der Waals surface area contributed by atoms with Gasteiger partial charge >= 0.3 is 6.03 Å². The molecule has 37 heavy (non-hydrogen) atoms. The molecule has 3 aromatic rings. The fourth-order valence-corrected chi connectivity index (χ4v) is 3.69. The normalized spacial score (nSPS) is 10.5. The lowest BCUT2D eigenvalue weighted by Crippen LogP contribution is -2.35. The minimum atomic E-state index is -0.461. The molecule has 0 aromatic heterocycles. The van der Waals surface area contributed by atoms with Crippen LogP contribution in [0.1, 0.15) is 24.2 Å². The number of hydrogen-bond donors (Lipinski definition) is 3. The van der Waals surface area contributed by atoms with Gasteiger partial charge in [-0.05, 0) is 49.5 Å². The number of nitrogens with zero attached hydrogens (tertiary/aromatic N) is 1. The zero-order valence-corrected chi connectivity index (χ0v) is 21.7. The Balaban J connectivity index is 1.64. The fraction of sp³-hybridized carbons (Fsp3) is 0.286. The Bertz CT molecular complexity index is 1140. The van der Waals surface area contributed by atoms with E-state index in [1.54, 1.807) is 36.4 Å². The number of anilines is 2. The standard InChI is InChI=1S/C28H34N4O5/c1-5-32(6-2)17-16-29-27(33)26-24(35-3)18-21(19-25(26)36-4)31-28(34)30-20-12-14-23(15-13-20)37-22-10-8-7-9-11-22/h7-15,18-19H,5-6,16-17H2,1-4H3,(H,29,33)(H2,30,31,34). The molecule has 0 bridgehead atoms. The predicted molar refractivity (Wildman–Crippen MR) is 145 cm³/mol. The van der Waals surface area contributed by atoms with E-state index in [0.717, 1.165) is 25.4 Å². The molecule has 0 heterocycles. The van der Waals surface area contributed by atoms with E-state index in [1.165, 1.54) is 14.2 Å². The topological polar surface area (TPSA) is 101 Å². The quantitative estimate of drug-likeness (QED) is 0.312. The van der Waals surface area contributed by atoms with E-state index in [-0.39, 0.29) is 23.0 Å². The molecule has 0 spiro atoms. The second-order valence-electron chi connectivity index (χ2n) is 8.06. The Hall–Kier alpha value is -4.24. The molecule has 3 aromatic carbocycles. The number of urea groups is 1. The van der Waals surface area contributed by atoms with Gasteiger partial charge in [-0.3, -0.25) is 4.79 Å². The third-order valence-electron chi connectivity index (χ3n) is 5.69. The maximum Gasteiger partial charge on any atom is 0.323 e. The number of para-hydroxylation sites is 1. The molecule has 9 nitrogen and oxygen atoms in total. The number of benzene rings is 3. The molecule has 3 rings (SSSR count). The van der Waals surface area contributed by atoms with Crippen LogP contribution in [0, 0.1) is 0 Å². The van der Waals surface area contributed by atoms with Gasteiger partial charge in [-0.2, -0.15) is 0 Å². The van der Waals surface area contributed by atoms with E-state index in [9.17, 15) is 9.59 Å². The van der Waals surface area contributed by atoms with Crippen LogP contribution in [0.3, 0.4) is 0 Å². The summed E-state index contributed by atoms with van der Waals surface area (Å²) in [6, 6.07) is 19.2. The Kier molecular flexibility index (Phi) is 10.2. The van der Waals surface area contributed by atoms with Gasteiger partial charge in [-0.25, -0.2) is 4.79 Å². The molecule has 0 unspecified atom stereocenters. The third kappa shape index (κ3) is 7.88. The Morgan fingerprint density at radius 2 is 1.35 bits per heavy atom. The van der Waals surface area contributed by atoms with Gasteiger partial charge in [-0.15, -0.1) is 0 Å². The van der Waals surface area contributed by atoms with Gasteiger partial charge in [0.05, 0.1) is 14.2 Å². The molecule has 0 radical (unpaired) electrons. The molecule has 0 aliphatic rings. The van der Waals surface area contributed by atoms with Crippen molar-refractivity contribution < 1.29 is 23.8 Å². The van der Waals surface area contributed by atoms with Crippen molar-refractivity contribution in [2.75, 3.05) is 51.0 Å². The van der Waals surface area contributed by atoms with Gasteiger partial charge in [-0.1, -0.05) is 32.0 Å². The predicted octanol–water partition coefficient (Wildman–Crippen LogP) is 5.21. The first-order valence-corrected chi connectivity index (χ1v) is 12.1. The zero-order chi connectivity index (χ0) is 26.6. The highest BCUT2D eigenvalue weighted by molar-refractivity contribution is 6.03. The number of hydrogen-bond acceptors (Lipinski definition) is 6. The second-order valence-corrected chi connectivity index (χ2v) is 8.06. The van der Waals surface area contributed by atoms with Crippen molar-refractivity contribution in [1.29, 1.82) is 0 Å². The van der Waals surface area contributed by atoms with Crippen LogP contribution in [-0.2, 0) is 0 Å². The number of methoxy groups -OCH3 is 2. The summed E-state index contributed by atoms with van der Waals surface area (Å²) in [5.41, 5.74) is 1.26. The maximum absolute atomic E-state index is 12.9. The lowest BCUT2D eigenvalue weighted by molar-refractivity contribution is 0.0942. The van der Waals surface area contributed by atoms with Crippen LogP contribution in [-0.4, -0.2) is 57.2 Å². The molecule has 3 N–H and O–H groups in total. The van der Waals surface area contributed by atoms with Gasteiger partial charge in [0.1, 0.15) is 28.6 Å². The van der Waals surface area contributed by atoms with Crippen molar-refractivity contribution in [3.05, 3.63) is 72.3 Å². The fourth-order valence-electron chi connectivity index (χ4n) is 3.69. The van der Waals surface area contributed by atoms with Crippen LogP contribution in [0.25, 0.3) is 0 Å². The van der Waals surface area contributed by atoms with E-state index in [0.29, 0.717) is 23.7 Å². The van der Waals surface area contributed by atoms with Gasteiger partial charge in [0.25, 0.3) is 5.91 Å². The van der Waals surface area contributed by atoms with Crippen LogP contribution in [0.5, 0.6) is 23.0 Å². The molecule has 9 heteroatoms. The average molecular weight is 507 g/mol. The van der Waals surface area contributed by atoms with Crippen molar-refractivity contribution >= 4 is 23.3 Å². The molecule has 3 amide bonds. The van der Waals surface area contributed by atoms with Crippen molar-refractivity contribution in [2.45, 2.75) is 13.8 Å². The zero-order valence-electron chi connectivity index (χ0n) is 21.7. The molecule has 0 saturated heterocycles. The number of likely N-dealkylation sites (N-methyl/N-ethyl adjacent to an activating group) is 1. The van der Waals surface area contributed by atoms with Crippen LogP contribution < -0.4 is 30.2 Å². The van der Waals surface area contributed by atoms with Crippen LogP contribution in [0.4, 0.5) is 16.2 Å². The Labute approximate surface area is 217 Å². The molecular weight excluding hydrogens is 472 g/mol.